The van der Waals surface area contributed by atoms with E-state index in [9.17, 15) is 13.6 Å². The molecule has 0 bridgehead atoms. The van der Waals surface area contributed by atoms with Crippen molar-refractivity contribution >= 4 is 11.6 Å². The van der Waals surface area contributed by atoms with Crippen LogP contribution in [0.3, 0.4) is 0 Å². The molecule has 1 aliphatic rings. The lowest BCUT2D eigenvalue weighted by atomic mass is 10.1. The van der Waals surface area contributed by atoms with Crippen LogP contribution < -0.4 is 5.32 Å². The number of likely N-dealkylation sites (N-methyl/N-ethyl adjacent to an activating group) is 1. The molecule has 6 heteroatoms. The molecule has 0 saturated carbocycles. The highest BCUT2D eigenvalue weighted by Gasteiger charge is 2.12. The average Bonchev–Trinajstić information content (AvgIpc) is 2.45. The van der Waals surface area contributed by atoms with Gasteiger partial charge in [0.15, 0.2) is 0 Å². The third kappa shape index (κ3) is 5.69. The van der Waals surface area contributed by atoms with Crippen molar-refractivity contribution in [3.8, 4) is 0 Å². The van der Waals surface area contributed by atoms with Gasteiger partial charge in [0.25, 0.3) is 0 Å². The molecular weight excluding hydrogens is 288 g/mol. The normalized spacial score (nSPS) is 16.0. The summed E-state index contributed by atoms with van der Waals surface area (Å²) in [5, 5.41) is 2.52. The summed E-state index contributed by atoms with van der Waals surface area (Å²) in [5.74, 6) is -1.67. The number of benzene rings is 1. The van der Waals surface area contributed by atoms with Crippen LogP contribution in [0, 0.1) is 11.6 Å². The molecule has 4 nitrogen and oxygen atoms in total. The van der Waals surface area contributed by atoms with E-state index >= 15 is 0 Å². The summed E-state index contributed by atoms with van der Waals surface area (Å²) in [5.41, 5.74) is 0.145. The van der Waals surface area contributed by atoms with Crippen LogP contribution in [0.5, 0.6) is 0 Å². The van der Waals surface area contributed by atoms with Crippen LogP contribution in [-0.2, 0) is 4.79 Å². The van der Waals surface area contributed by atoms with Crippen LogP contribution in [0.2, 0.25) is 0 Å². The Balaban J connectivity index is 1.73. The maximum Gasteiger partial charge on any atom is 0.238 e. The van der Waals surface area contributed by atoms with Gasteiger partial charge in [-0.25, -0.2) is 8.78 Å². The highest BCUT2D eigenvalue weighted by atomic mass is 19.1. The fraction of sp³-hybridized carbons (Fsp3) is 0.562. The lowest BCUT2D eigenvalue weighted by molar-refractivity contribution is -0.117. The van der Waals surface area contributed by atoms with E-state index in [4.69, 9.17) is 0 Å². The smallest absolute Gasteiger partial charge is 0.238 e. The van der Waals surface area contributed by atoms with Gasteiger partial charge in [0, 0.05) is 24.8 Å². The number of hydrogen-bond donors (Lipinski definition) is 1. The lowest BCUT2D eigenvalue weighted by Crippen LogP contribution is -2.39. The maximum atomic E-state index is 13.1. The number of nitrogens with zero attached hydrogens (tertiary/aromatic N) is 2. The topological polar surface area (TPSA) is 35.6 Å². The second-order valence-corrected chi connectivity index (χ2v) is 5.85. The predicted molar refractivity (Wildman–Crippen MR) is 82.8 cm³/mol. The third-order valence-corrected chi connectivity index (χ3v) is 3.81. The molecule has 122 valence electrons. The maximum absolute atomic E-state index is 13.1. The number of piperidine rings is 1. The van der Waals surface area contributed by atoms with Crippen LogP contribution >= 0.6 is 0 Å². The van der Waals surface area contributed by atoms with E-state index in [0.29, 0.717) is 0 Å². The molecule has 1 aromatic carbocycles. The third-order valence-electron chi connectivity index (χ3n) is 3.81. The molecule has 0 spiro atoms. The van der Waals surface area contributed by atoms with E-state index in [-0.39, 0.29) is 18.1 Å². The van der Waals surface area contributed by atoms with Gasteiger partial charge in [-0.2, -0.15) is 0 Å². The lowest BCUT2D eigenvalue weighted by Gasteiger charge is -2.28. The number of amides is 1. The van der Waals surface area contributed by atoms with E-state index in [2.05, 4.69) is 10.2 Å². The summed E-state index contributed by atoms with van der Waals surface area (Å²) >= 11 is 0. The summed E-state index contributed by atoms with van der Waals surface area (Å²) in [6.45, 7) is 4.19. The Hall–Kier alpha value is -1.53. The van der Waals surface area contributed by atoms with Crippen LogP contribution in [0.1, 0.15) is 19.3 Å². The summed E-state index contributed by atoms with van der Waals surface area (Å²) in [6.07, 6.45) is 3.80. The number of carbonyl (C=O) groups excluding carboxylic acids is 1. The van der Waals surface area contributed by atoms with E-state index < -0.39 is 11.6 Å². The van der Waals surface area contributed by atoms with Crippen molar-refractivity contribution in [2.75, 3.05) is 45.1 Å². The minimum absolute atomic E-state index is 0.145. The molecular formula is C16H23F2N3O. The van der Waals surface area contributed by atoms with E-state index in [1.807, 2.05) is 11.9 Å². The largest absolute Gasteiger partial charge is 0.325 e. The van der Waals surface area contributed by atoms with Gasteiger partial charge in [0.2, 0.25) is 5.91 Å². The zero-order valence-electron chi connectivity index (χ0n) is 12.9. The Morgan fingerprint density at radius 2 is 1.82 bits per heavy atom. The van der Waals surface area contributed by atoms with Crippen LogP contribution in [0.25, 0.3) is 0 Å². The number of halogens is 2. The second-order valence-electron chi connectivity index (χ2n) is 5.85. The van der Waals surface area contributed by atoms with Gasteiger partial charge in [-0.05, 0) is 45.1 Å². The van der Waals surface area contributed by atoms with Crippen molar-refractivity contribution in [1.29, 1.82) is 0 Å². The van der Waals surface area contributed by atoms with E-state index in [1.54, 1.807) is 0 Å². The second kappa shape index (κ2) is 8.19. The van der Waals surface area contributed by atoms with Gasteiger partial charge in [0.1, 0.15) is 11.6 Å². The Morgan fingerprint density at radius 3 is 2.45 bits per heavy atom. The van der Waals surface area contributed by atoms with Crippen molar-refractivity contribution < 1.29 is 13.6 Å². The highest BCUT2D eigenvalue weighted by Crippen LogP contribution is 2.12. The summed E-state index contributed by atoms with van der Waals surface area (Å²) in [6, 6.07) is 2.99. The number of nitrogens with one attached hydrogen (secondary N) is 1. The first-order chi connectivity index (χ1) is 10.5. The van der Waals surface area contributed by atoms with Gasteiger partial charge in [-0.15, -0.1) is 0 Å². The minimum atomic E-state index is -0.700. The van der Waals surface area contributed by atoms with Crippen LogP contribution in [0.15, 0.2) is 18.2 Å². The van der Waals surface area contributed by atoms with Crippen molar-refractivity contribution in [3.05, 3.63) is 29.8 Å². The number of anilines is 1. The number of hydrogen-bond acceptors (Lipinski definition) is 3. The van der Waals surface area contributed by atoms with Gasteiger partial charge >= 0.3 is 0 Å². The number of rotatable bonds is 6. The first-order valence-corrected chi connectivity index (χ1v) is 7.70. The fourth-order valence-electron chi connectivity index (χ4n) is 2.65. The first kappa shape index (κ1) is 16.8. The summed E-state index contributed by atoms with van der Waals surface area (Å²) < 4.78 is 26.1. The van der Waals surface area contributed by atoms with Crippen molar-refractivity contribution in [2.45, 2.75) is 19.3 Å². The zero-order valence-corrected chi connectivity index (χ0v) is 12.9. The molecule has 0 aromatic heterocycles. The summed E-state index contributed by atoms with van der Waals surface area (Å²) in [7, 11) is 1.87. The van der Waals surface area contributed by atoms with E-state index in [1.165, 1.54) is 19.3 Å². The minimum Gasteiger partial charge on any atom is -0.325 e. The highest BCUT2D eigenvalue weighted by molar-refractivity contribution is 5.92. The average molecular weight is 311 g/mol. The predicted octanol–water partition coefficient (Wildman–Crippen LogP) is 2.32. The molecule has 1 N–H and O–H groups in total. The van der Waals surface area contributed by atoms with Gasteiger partial charge in [-0.1, -0.05) is 6.42 Å². The molecule has 0 radical (unpaired) electrons. The quantitative estimate of drug-likeness (QED) is 0.876. The first-order valence-electron chi connectivity index (χ1n) is 7.70. The van der Waals surface area contributed by atoms with Crippen LogP contribution in [-0.4, -0.2) is 55.5 Å². The zero-order chi connectivity index (χ0) is 15.9. The van der Waals surface area contributed by atoms with Crippen LogP contribution in [0.4, 0.5) is 14.5 Å². The molecule has 1 amide bonds. The molecule has 1 aromatic rings. The molecule has 1 heterocycles. The molecule has 1 aliphatic heterocycles. The molecule has 0 aliphatic carbocycles. The Kier molecular flexibility index (Phi) is 6.27. The fourth-order valence-corrected chi connectivity index (χ4v) is 2.65. The molecule has 1 saturated heterocycles. The number of likely N-dealkylation sites (tertiary alicyclic amines) is 1. The molecule has 0 atom stereocenters. The monoisotopic (exact) mass is 311 g/mol. The molecule has 22 heavy (non-hydrogen) atoms. The van der Waals surface area contributed by atoms with Gasteiger partial charge in [-0.3, -0.25) is 9.69 Å². The molecule has 0 unspecified atom stereocenters. The SMILES string of the molecule is CN(CCN1CCCCC1)CC(=O)Nc1cc(F)cc(F)c1. The van der Waals surface area contributed by atoms with Crippen molar-refractivity contribution in [2.24, 2.45) is 0 Å². The van der Waals surface area contributed by atoms with Gasteiger partial charge < -0.3 is 10.2 Å². The molecule has 2 rings (SSSR count). The van der Waals surface area contributed by atoms with Gasteiger partial charge in [0.05, 0.1) is 6.54 Å². The summed E-state index contributed by atoms with van der Waals surface area (Å²) in [4.78, 5) is 16.2. The van der Waals surface area contributed by atoms with Crippen molar-refractivity contribution in [1.82, 2.24) is 9.80 Å². The standard InChI is InChI=1S/C16H23F2N3O/c1-20(7-8-21-5-3-2-4-6-21)12-16(22)19-15-10-13(17)9-14(18)11-15/h9-11H,2-8,12H2,1H3,(H,19,22). The Bertz CT molecular complexity index is 484. The Morgan fingerprint density at radius 1 is 1.18 bits per heavy atom. The molecule has 1 fully saturated rings. The van der Waals surface area contributed by atoms with Crippen molar-refractivity contribution in [3.63, 3.8) is 0 Å². The Labute approximate surface area is 130 Å². The van der Waals surface area contributed by atoms with E-state index in [0.717, 1.165) is 44.4 Å². The number of carbonyl (C=O) groups is 1.